The average molecular weight is 541 g/mol. The number of benzene rings is 2. The maximum Gasteiger partial charge on any atom is 0.267 e. The number of halogens is 1. The molecule has 0 amide bonds. The van der Waals surface area contributed by atoms with Gasteiger partial charge in [0.2, 0.25) is 0 Å². The Hall–Kier alpha value is -2.65. The molecule has 6 nitrogen and oxygen atoms in total. The Morgan fingerprint density at radius 2 is 1.94 bits per heavy atom. The molecule has 186 valence electrons. The average Bonchev–Trinajstić information content (AvgIpc) is 3.25. The number of Topliss-reactive ketones (excluding diaryl/α,β-unsaturated/α-hetero) is 1. The second kappa shape index (κ2) is 10.4. The molecule has 36 heavy (non-hydrogen) atoms. The van der Waals surface area contributed by atoms with Gasteiger partial charge in [0.15, 0.2) is 10.9 Å². The van der Waals surface area contributed by atoms with E-state index in [0.717, 1.165) is 10.4 Å². The molecule has 0 saturated carbocycles. The number of hydrogen-bond acceptors (Lipinski definition) is 7. The van der Waals surface area contributed by atoms with Crippen LogP contribution < -0.4 is 10.3 Å². The van der Waals surface area contributed by atoms with Gasteiger partial charge in [0.1, 0.15) is 10.6 Å². The van der Waals surface area contributed by atoms with E-state index in [1.807, 2.05) is 24.3 Å². The molecule has 2 aromatic heterocycles. The number of aromatic nitrogens is 2. The van der Waals surface area contributed by atoms with Gasteiger partial charge in [-0.1, -0.05) is 37.2 Å². The minimum Gasteiger partial charge on any atom is -0.497 e. The first-order valence-corrected chi connectivity index (χ1v) is 13.8. The van der Waals surface area contributed by atoms with Crippen LogP contribution in [0.25, 0.3) is 15.9 Å². The lowest BCUT2D eigenvalue weighted by molar-refractivity contribution is 0.00200. The predicted molar refractivity (Wildman–Crippen MR) is 145 cm³/mol. The lowest BCUT2D eigenvalue weighted by Gasteiger charge is -2.26. The van der Waals surface area contributed by atoms with Crippen molar-refractivity contribution in [2.24, 2.45) is 5.92 Å². The molecule has 0 fully saturated rings. The molecule has 0 radical (unpaired) electrons. The lowest BCUT2D eigenvalue weighted by Crippen LogP contribution is -2.28. The summed E-state index contributed by atoms with van der Waals surface area (Å²) in [4.78, 5) is 33.5. The third-order valence-electron chi connectivity index (χ3n) is 6.28. The first kappa shape index (κ1) is 25.0. The van der Waals surface area contributed by atoms with Gasteiger partial charge in [-0.05, 0) is 60.0 Å². The van der Waals surface area contributed by atoms with Gasteiger partial charge < -0.3 is 9.47 Å². The van der Waals surface area contributed by atoms with Crippen LogP contribution in [-0.2, 0) is 17.8 Å². The first-order chi connectivity index (χ1) is 17.4. The summed E-state index contributed by atoms with van der Waals surface area (Å²) < 4.78 is 12.9. The minimum atomic E-state index is -0.131. The van der Waals surface area contributed by atoms with Crippen LogP contribution in [0.5, 0.6) is 5.75 Å². The highest BCUT2D eigenvalue weighted by atomic mass is 35.5. The van der Waals surface area contributed by atoms with Crippen molar-refractivity contribution in [3.05, 3.63) is 79.9 Å². The molecule has 1 unspecified atom stereocenters. The third-order valence-corrected chi connectivity index (χ3v) is 8.57. The van der Waals surface area contributed by atoms with Gasteiger partial charge in [-0.2, -0.15) is 0 Å². The number of thioether (sulfide) groups is 1. The number of ketones is 1. The molecule has 0 bridgehead atoms. The number of carbonyl (C=O) groups is 1. The van der Waals surface area contributed by atoms with Crippen LogP contribution >= 0.6 is 34.7 Å². The van der Waals surface area contributed by atoms with Crippen LogP contribution in [0.15, 0.2) is 58.5 Å². The van der Waals surface area contributed by atoms with E-state index < -0.39 is 0 Å². The topological polar surface area (TPSA) is 70.4 Å². The van der Waals surface area contributed by atoms with E-state index in [1.54, 1.807) is 35.9 Å². The third kappa shape index (κ3) is 4.83. The van der Waals surface area contributed by atoms with Crippen molar-refractivity contribution in [3.63, 3.8) is 0 Å². The summed E-state index contributed by atoms with van der Waals surface area (Å²) in [5.41, 5.74) is 2.14. The molecule has 3 heterocycles. The molecule has 2 aromatic carbocycles. The van der Waals surface area contributed by atoms with Crippen molar-refractivity contribution in [1.82, 2.24) is 9.55 Å². The Kier molecular flexibility index (Phi) is 7.21. The summed E-state index contributed by atoms with van der Waals surface area (Å²) >= 11 is 8.71. The highest BCUT2D eigenvalue weighted by Gasteiger charge is 2.29. The van der Waals surface area contributed by atoms with Crippen molar-refractivity contribution in [1.29, 1.82) is 0 Å². The number of ether oxygens (including phenoxy) is 2. The van der Waals surface area contributed by atoms with E-state index >= 15 is 0 Å². The Labute approximate surface area is 222 Å². The molecule has 0 spiro atoms. The fourth-order valence-corrected chi connectivity index (χ4v) is 6.44. The number of hydrogen-bond donors (Lipinski definition) is 0. The summed E-state index contributed by atoms with van der Waals surface area (Å²) in [6.07, 6.45) is 0.754. The fourth-order valence-electron chi connectivity index (χ4n) is 4.24. The SMILES string of the molecule is COc1ccc(-n2c(SCC(=O)c3ccc(Cl)cc3)nc3sc4c(c3c2=O)CC(C(C)C)OC4)cc1. The van der Waals surface area contributed by atoms with E-state index in [2.05, 4.69) is 13.8 Å². The number of methoxy groups -OCH3 is 1. The zero-order valence-electron chi connectivity index (χ0n) is 20.1. The van der Waals surface area contributed by atoms with E-state index in [-0.39, 0.29) is 23.2 Å². The Balaban J connectivity index is 1.59. The second-order valence-electron chi connectivity index (χ2n) is 8.93. The Bertz CT molecular complexity index is 1480. The van der Waals surface area contributed by atoms with Gasteiger partial charge in [-0.15, -0.1) is 11.3 Å². The Morgan fingerprint density at radius 1 is 1.22 bits per heavy atom. The fraction of sp³-hybridized carbons (Fsp3) is 0.296. The lowest BCUT2D eigenvalue weighted by atomic mass is 9.96. The van der Waals surface area contributed by atoms with E-state index in [9.17, 15) is 9.59 Å². The first-order valence-electron chi connectivity index (χ1n) is 11.6. The predicted octanol–water partition coefficient (Wildman–Crippen LogP) is 6.18. The van der Waals surface area contributed by atoms with Gasteiger partial charge in [0, 0.05) is 21.9 Å². The van der Waals surface area contributed by atoms with Crippen molar-refractivity contribution < 1.29 is 14.3 Å². The van der Waals surface area contributed by atoms with Gasteiger partial charge in [0.25, 0.3) is 5.56 Å². The molecule has 1 aliphatic heterocycles. The summed E-state index contributed by atoms with van der Waals surface area (Å²) in [6.45, 7) is 4.74. The maximum atomic E-state index is 14.0. The van der Waals surface area contributed by atoms with Crippen LogP contribution in [0.2, 0.25) is 5.02 Å². The molecule has 1 atom stereocenters. The van der Waals surface area contributed by atoms with E-state index in [4.69, 9.17) is 26.1 Å². The Morgan fingerprint density at radius 3 is 2.61 bits per heavy atom. The molecule has 4 aromatic rings. The van der Waals surface area contributed by atoms with E-state index in [1.165, 1.54) is 23.1 Å². The quantitative estimate of drug-likeness (QED) is 0.158. The zero-order valence-corrected chi connectivity index (χ0v) is 22.5. The molecule has 9 heteroatoms. The van der Waals surface area contributed by atoms with E-state index in [0.29, 0.717) is 56.3 Å². The van der Waals surface area contributed by atoms with Crippen LogP contribution in [-0.4, -0.2) is 34.3 Å². The number of nitrogens with zero attached hydrogens (tertiary/aromatic N) is 2. The van der Waals surface area contributed by atoms with Crippen LogP contribution in [0.1, 0.15) is 34.6 Å². The van der Waals surface area contributed by atoms with Gasteiger partial charge in [-0.3, -0.25) is 14.2 Å². The maximum absolute atomic E-state index is 14.0. The highest BCUT2D eigenvalue weighted by Crippen LogP contribution is 2.36. The molecule has 1 aliphatic rings. The molecular weight excluding hydrogens is 516 g/mol. The monoisotopic (exact) mass is 540 g/mol. The molecule has 0 saturated heterocycles. The molecule has 5 rings (SSSR count). The molecular formula is C27H25ClN2O4S2. The van der Waals surface area contributed by atoms with Crippen LogP contribution in [0.3, 0.4) is 0 Å². The summed E-state index contributed by atoms with van der Waals surface area (Å²) in [5.74, 6) is 1.11. The van der Waals surface area contributed by atoms with Gasteiger partial charge in [-0.25, -0.2) is 4.98 Å². The number of carbonyl (C=O) groups excluding carboxylic acids is 1. The highest BCUT2D eigenvalue weighted by molar-refractivity contribution is 7.99. The van der Waals surface area contributed by atoms with Crippen molar-refractivity contribution in [3.8, 4) is 11.4 Å². The summed E-state index contributed by atoms with van der Waals surface area (Å²) in [5, 5.41) is 1.69. The standard InChI is InChI=1S/C27H25ClN2O4S2/c1-15(2)22-12-20-23(13-34-22)36-25-24(20)26(32)30(18-8-10-19(33-3)11-9-18)27(29-25)35-14-21(31)16-4-6-17(28)7-5-16/h4-11,15,22H,12-14H2,1-3H3. The summed E-state index contributed by atoms with van der Waals surface area (Å²) in [7, 11) is 1.60. The van der Waals surface area contributed by atoms with Crippen LogP contribution in [0.4, 0.5) is 0 Å². The van der Waals surface area contributed by atoms with Crippen LogP contribution in [0, 0.1) is 5.92 Å². The van der Waals surface area contributed by atoms with Crippen molar-refractivity contribution in [2.45, 2.75) is 38.1 Å². The van der Waals surface area contributed by atoms with Crippen molar-refractivity contribution >= 4 is 50.7 Å². The normalized spacial score (nSPS) is 15.3. The number of thiophene rings is 1. The van der Waals surface area contributed by atoms with Crippen molar-refractivity contribution in [2.75, 3.05) is 12.9 Å². The zero-order chi connectivity index (χ0) is 25.4. The number of fused-ring (bicyclic) bond motifs is 3. The van der Waals surface area contributed by atoms with Gasteiger partial charge in [0.05, 0.1) is 36.6 Å². The molecule has 0 aliphatic carbocycles. The summed E-state index contributed by atoms with van der Waals surface area (Å²) in [6, 6.07) is 14.1. The largest absolute Gasteiger partial charge is 0.497 e. The number of rotatable bonds is 7. The smallest absolute Gasteiger partial charge is 0.267 e. The van der Waals surface area contributed by atoms with Gasteiger partial charge >= 0.3 is 0 Å². The second-order valence-corrected chi connectivity index (χ2v) is 11.4. The minimum absolute atomic E-state index is 0.0639. The molecule has 0 N–H and O–H groups in total.